The average molecular weight is 466 g/mol. The summed E-state index contributed by atoms with van der Waals surface area (Å²) in [6.45, 7) is 1.94. The Morgan fingerprint density at radius 2 is 1.72 bits per heavy atom. The maximum absolute atomic E-state index is 13.4. The molecular weight excluding hydrogens is 445 g/mol. The Bertz CT molecular complexity index is 1160. The Labute approximate surface area is 195 Å². The van der Waals surface area contributed by atoms with Gasteiger partial charge in [0.2, 0.25) is 5.91 Å². The third-order valence-electron chi connectivity index (χ3n) is 4.90. The largest absolute Gasteiger partial charge is 0.332 e. The predicted octanol–water partition coefficient (Wildman–Crippen LogP) is 7.05. The topological polar surface area (TPSA) is 57.8 Å². The van der Waals surface area contributed by atoms with E-state index in [0.717, 1.165) is 22.5 Å². The highest BCUT2D eigenvalue weighted by molar-refractivity contribution is 8.00. The first-order valence-electron chi connectivity index (χ1n) is 10.2. The minimum absolute atomic E-state index is 0.0328. The van der Waals surface area contributed by atoms with Crippen LogP contribution in [0.2, 0.25) is 5.02 Å². The van der Waals surface area contributed by atoms with Crippen LogP contribution in [0.3, 0.4) is 0 Å². The number of carbonyl (C=O) groups is 1. The number of carbonyl (C=O) groups excluding carboxylic acids is 1. The van der Waals surface area contributed by atoms with Crippen molar-refractivity contribution in [1.29, 1.82) is 0 Å². The first-order chi connectivity index (χ1) is 15.5. The lowest BCUT2D eigenvalue weighted by Gasteiger charge is -2.13. The zero-order valence-corrected chi connectivity index (χ0v) is 18.9. The monoisotopic (exact) mass is 465 g/mol. The molecule has 0 aliphatic rings. The van der Waals surface area contributed by atoms with E-state index < -0.39 is 11.1 Å². The van der Waals surface area contributed by atoms with Crippen LogP contribution in [0.5, 0.6) is 0 Å². The number of hydrogen-bond donors (Lipinski definition) is 2. The van der Waals surface area contributed by atoms with E-state index in [1.54, 1.807) is 0 Å². The molecule has 1 unspecified atom stereocenters. The maximum atomic E-state index is 13.4. The van der Waals surface area contributed by atoms with Gasteiger partial charge >= 0.3 is 0 Å². The Kier molecular flexibility index (Phi) is 6.93. The maximum Gasteiger partial charge on any atom is 0.237 e. The lowest BCUT2D eigenvalue weighted by atomic mass is 10.1. The van der Waals surface area contributed by atoms with Crippen molar-refractivity contribution < 1.29 is 9.18 Å². The zero-order valence-electron chi connectivity index (χ0n) is 17.3. The van der Waals surface area contributed by atoms with Gasteiger partial charge in [0.05, 0.1) is 21.7 Å². The van der Waals surface area contributed by atoms with Gasteiger partial charge < -0.3 is 10.3 Å². The van der Waals surface area contributed by atoms with Crippen molar-refractivity contribution in [2.45, 2.75) is 23.8 Å². The van der Waals surface area contributed by atoms with Crippen LogP contribution in [0, 0.1) is 5.82 Å². The molecule has 1 aromatic heterocycles. The molecule has 4 aromatic rings. The van der Waals surface area contributed by atoms with Crippen molar-refractivity contribution in [3.63, 3.8) is 0 Å². The summed E-state index contributed by atoms with van der Waals surface area (Å²) in [5.74, 6) is -0.720. The highest BCUT2D eigenvalue weighted by atomic mass is 35.5. The van der Waals surface area contributed by atoms with Gasteiger partial charge in [-0.15, -0.1) is 0 Å². The van der Waals surface area contributed by atoms with E-state index in [4.69, 9.17) is 16.6 Å². The van der Waals surface area contributed by atoms with E-state index >= 15 is 0 Å². The second kappa shape index (κ2) is 10.0. The molecule has 1 amide bonds. The number of nitrogens with zero attached hydrogens (tertiary/aromatic N) is 1. The summed E-state index contributed by atoms with van der Waals surface area (Å²) in [7, 11) is 0. The van der Waals surface area contributed by atoms with Crippen LogP contribution in [0.4, 0.5) is 10.1 Å². The fourth-order valence-corrected chi connectivity index (χ4v) is 4.37. The molecule has 0 fully saturated rings. The number of thioether (sulfide) groups is 1. The number of amides is 1. The third-order valence-corrected chi connectivity index (χ3v) is 6.43. The molecule has 0 saturated heterocycles. The van der Waals surface area contributed by atoms with Crippen molar-refractivity contribution >= 4 is 35.0 Å². The molecule has 2 N–H and O–H groups in total. The van der Waals surface area contributed by atoms with Crippen LogP contribution < -0.4 is 5.32 Å². The molecule has 4 nitrogen and oxygen atoms in total. The number of anilines is 1. The van der Waals surface area contributed by atoms with Gasteiger partial charge in [0.1, 0.15) is 5.82 Å². The Morgan fingerprint density at radius 1 is 1.06 bits per heavy atom. The number of benzene rings is 3. The van der Waals surface area contributed by atoms with Gasteiger partial charge in [0.25, 0.3) is 0 Å². The number of imidazole rings is 1. The van der Waals surface area contributed by atoms with E-state index in [2.05, 4.69) is 10.3 Å². The molecule has 1 atom stereocenters. The molecule has 1 heterocycles. The van der Waals surface area contributed by atoms with E-state index in [-0.39, 0.29) is 10.9 Å². The number of aromatic amines is 1. The minimum Gasteiger partial charge on any atom is -0.332 e. The first-order valence-corrected chi connectivity index (χ1v) is 11.4. The number of halogens is 2. The van der Waals surface area contributed by atoms with Gasteiger partial charge in [-0.25, -0.2) is 9.37 Å². The Balaban J connectivity index is 1.60. The molecule has 7 heteroatoms. The number of nitrogens with one attached hydrogen (secondary N) is 2. The number of rotatable bonds is 7. The zero-order chi connectivity index (χ0) is 22.5. The van der Waals surface area contributed by atoms with Crippen molar-refractivity contribution in [3.8, 4) is 22.5 Å². The number of aromatic nitrogens is 2. The SMILES string of the molecule is CCC(Sc1nc(-c2ccccc2)c(-c2ccccc2)[nH]1)C(=O)Nc1ccc(F)c(Cl)c1. The molecule has 4 rings (SSSR count). The van der Waals surface area contributed by atoms with Crippen molar-refractivity contribution in [2.24, 2.45) is 0 Å². The lowest BCUT2D eigenvalue weighted by molar-refractivity contribution is -0.115. The second-order valence-corrected chi connectivity index (χ2v) is 8.73. The van der Waals surface area contributed by atoms with Crippen LogP contribution in [0.25, 0.3) is 22.5 Å². The Morgan fingerprint density at radius 3 is 2.34 bits per heavy atom. The third kappa shape index (κ3) is 5.03. The lowest BCUT2D eigenvalue weighted by Crippen LogP contribution is -2.24. The molecule has 0 spiro atoms. The van der Waals surface area contributed by atoms with Crippen molar-refractivity contribution in [2.75, 3.05) is 5.32 Å². The molecule has 162 valence electrons. The minimum atomic E-state index is -0.524. The standard InChI is InChI=1S/C25H21ClFN3OS/c1-2-21(24(31)28-18-13-14-20(27)19(26)15-18)32-25-29-22(16-9-5-3-6-10-16)23(30-25)17-11-7-4-8-12-17/h3-15,21H,2H2,1H3,(H,28,31)(H,29,30). The van der Waals surface area contributed by atoms with Crippen molar-refractivity contribution in [1.82, 2.24) is 9.97 Å². The summed E-state index contributed by atoms with van der Waals surface area (Å²) in [5.41, 5.74) is 4.20. The molecule has 0 aliphatic carbocycles. The highest BCUT2D eigenvalue weighted by Gasteiger charge is 2.22. The smallest absolute Gasteiger partial charge is 0.237 e. The van der Waals surface area contributed by atoms with Crippen LogP contribution in [0.1, 0.15) is 13.3 Å². The molecule has 0 aliphatic heterocycles. The summed E-state index contributed by atoms with van der Waals surface area (Å²) in [6.07, 6.45) is 0.591. The fourth-order valence-electron chi connectivity index (χ4n) is 3.28. The molecule has 0 bridgehead atoms. The van der Waals surface area contributed by atoms with Gasteiger partial charge in [-0.1, -0.05) is 91.0 Å². The van der Waals surface area contributed by atoms with Crippen LogP contribution in [-0.2, 0) is 4.79 Å². The average Bonchev–Trinajstić information content (AvgIpc) is 3.25. The summed E-state index contributed by atoms with van der Waals surface area (Å²) in [4.78, 5) is 21.1. The van der Waals surface area contributed by atoms with Crippen LogP contribution in [0.15, 0.2) is 84.0 Å². The summed E-state index contributed by atoms with van der Waals surface area (Å²) in [6, 6.07) is 24.0. The molecular formula is C25H21ClFN3OS. The van der Waals surface area contributed by atoms with Gasteiger partial charge in [0.15, 0.2) is 5.16 Å². The van der Waals surface area contributed by atoms with Gasteiger partial charge in [0, 0.05) is 16.8 Å². The van der Waals surface area contributed by atoms with Gasteiger partial charge in [-0.3, -0.25) is 4.79 Å². The van der Waals surface area contributed by atoms with Crippen LogP contribution in [-0.4, -0.2) is 21.1 Å². The van der Waals surface area contributed by atoms with Gasteiger partial charge in [-0.2, -0.15) is 0 Å². The number of hydrogen-bond acceptors (Lipinski definition) is 3. The fraction of sp³-hybridized carbons (Fsp3) is 0.120. The summed E-state index contributed by atoms with van der Waals surface area (Å²) in [5, 5.41) is 3.04. The van der Waals surface area contributed by atoms with Gasteiger partial charge in [-0.05, 0) is 24.6 Å². The second-order valence-electron chi connectivity index (χ2n) is 7.13. The predicted molar refractivity (Wildman–Crippen MR) is 129 cm³/mol. The molecule has 3 aromatic carbocycles. The number of H-pyrrole nitrogens is 1. The normalized spacial score (nSPS) is 11.8. The molecule has 0 radical (unpaired) electrons. The van der Waals surface area contributed by atoms with Crippen molar-refractivity contribution in [3.05, 3.63) is 89.7 Å². The van der Waals surface area contributed by atoms with Crippen LogP contribution >= 0.6 is 23.4 Å². The first kappa shape index (κ1) is 22.1. The Hall–Kier alpha value is -3.09. The molecule has 32 heavy (non-hydrogen) atoms. The highest BCUT2D eigenvalue weighted by Crippen LogP contribution is 2.34. The van der Waals surface area contributed by atoms with E-state index in [0.29, 0.717) is 17.3 Å². The molecule has 0 saturated carbocycles. The van der Waals surface area contributed by atoms with E-state index in [1.165, 1.54) is 30.0 Å². The summed E-state index contributed by atoms with van der Waals surface area (Å²) < 4.78 is 13.4. The summed E-state index contributed by atoms with van der Waals surface area (Å²) >= 11 is 7.19. The van der Waals surface area contributed by atoms with E-state index in [1.807, 2.05) is 67.6 Å². The van der Waals surface area contributed by atoms with E-state index in [9.17, 15) is 9.18 Å². The quantitative estimate of drug-likeness (QED) is 0.287.